The number of carbonyl (C=O) groups is 2. The molecule has 2 saturated heterocycles. The molecule has 1 unspecified atom stereocenters. The topological polar surface area (TPSA) is 93.5 Å². The van der Waals surface area contributed by atoms with Gasteiger partial charge in [-0.15, -0.1) is 0 Å². The average Bonchev–Trinajstić information content (AvgIpc) is 3.21. The average molecular weight is 443 g/mol. The van der Waals surface area contributed by atoms with Gasteiger partial charge in [0, 0.05) is 44.3 Å². The second-order valence-electron chi connectivity index (χ2n) is 9.91. The zero-order valence-corrected chi connectivity index (χ0v) is 18.8. The molecule has 0 radical (unpaired) electrons. The van der Waals surface area contributed by atoms with Crippen molar-refractivity contribution in [3.8, 4) is 0 Å². The van der Waals surface area contributed by atoms with Crippen molar-refractivity contribution in [3.63, 3.8) is 0 Å². The normalized spacial score (nSPS) is 29.1. The summed E-state index contributed by atoms with van der Waals surface area (Å²) >= 11 is 0. The minimum absolute atomic E-state index is 0.000400. The standard InChI is InChI=1S/C24H34N4O4/c29-22-14-17(15-27(22)19-9-11-32-12-10-19)24(31)25-18-5-7-20(8-6-18)28-23(30)13-16-3-1-2-4-21(16)26-28/h13,17-20H,1-12,14-15H2,(H,25,31). The lowest BCUT2D eigenvalue weighted by Crippen LogP contribution is -2.44. The molecule has 3 fully saturated rings. The Balaban J connectivity index is 1.14. The van der Waals surface area contributed by atoms with E-state index in [1.54, 1.807) is 10.7 Å². The first-order valence-corrected chi connectivity index (χ1v) is 12.4. The van der Waals surface area contributed by atoms with E-state index < -0.39 is 0 Å². The maximum Gasteiger partial charge on any atom is 0.267 e. The van der Waals surface area contributed by atoms with E-state index >= 15 is 0 Å². The summed E-state index contributed by atoms with van der Waals surface area (Å²) in [7, 11) is 0. The Kier molecular flexibility index (Phi) is 6.31. The molecular weight excluding hydrogens is 408 g/mol. The molecule has 4 aliphatic rings. The van der Waals surface area contributed by atoms with E-state index in [9.17, 15) is 14.4 Å². The van der Waals surface area contributed by atoms with Crippen LogP contribution in [0, 0.1) is 5.92 Å². The minimum atomic E-state index is -0.256. The molecular formula is C24H34N4O4. The van der Waals surface area contributed by atoms with Crippen LogP contribution < -0.4 is 10.9 Å². The third kappa shape index (κ3) is 4.47. The van der Waals surface area contributed by atoms with Gasteiger partial charge < -0.3 is 15.0 Å². The smallest absolute Gasteiger partial charge is 0.267 e. The molecule has 0 aromatic carbocycles. The van der Waals surface area contributed by atoms with Crippen molar-refractivity contribution in [2.24, 2.45) is 5.92 Å². The van der Waals surface area contributed by atoms with Crippen LogP contribution in [0.25, 0.3) is 0 Å². The summed E-state index contributed by atoms with van der Waals surface area (Å²) in [5.74, 6) is -0.160. The van der Waals surface area contributed by atoms with E-state index in [0.717, 1.165) is 75.5 Å². The Morgan fingerprint density at radius 3 is 2.53 bits per heavy atom. The van der Waals surface area contributed by atoms with Gasteiger partial charge in [-0.1, -0.05) is 0 Å². The summed E-state index contributed by atoms with van der Waals surface area (Å²) in [6, 6.07) is 2.22. The number of fused-ring (bicyclic) bond motifs is 1. The van der Waals surface area contributed by atoms with Crippen molar-refractivity contribution in [2.75, 3.05) is 19.8 Å². The van der Waals surface area contributed by atoms with E-state index in [1.807, 2.05) is 4.90 Å². The molecule has 32 heavy (non-hydrogen) atoms. The Labute approximate surface area is 188 Å². The van der Waals surface area contributed by atoms with Gasteiger partial charge in [0.1, 0.15) is 0 Å². The third-order valence-electron chi connectivity index (χ3n) is 7.78. The Bertz CT molecular complexity index is 915. The number of aromatic nitrogens is 2. The van der Waals surface area contributed by atoms with Gasteiger partial charge in [0.05, 0.1) is 17.7 Å². The number of nitrogens with one attached hydrogen (secondary N) is 1. The molecule has 1 N–H and O–H groups in total. The van der Waals surface area contributed by atoms with Crippen molar-refractivity contribution in [1.29, 1.82) is 0 Å². The fourth-order valence-electron chi connectivity index (χ4n) is 5.88. The molecule has 0 bridgehead atoms. The Morgan fingerprint density at radius 1 is 1.00 bits per heavy atom. The third-order valence-corrected chi connectivity index (χ3v) is 7.78. The minimum Gasteiger partial charge on any atom is -0.381 e. The maximum atomic E-state index is 12.9. The van der Waals surface area contributed by atoms with Crippen LogP contribution in [-0.4, -0.2) is 58.3 Å². The second kappa shape index (κ2) is 9.33. The van der Waals surface area contributed by atoms with Crippen molar-refractivity contribution in [2.45, 2.75) is 88.8 Å². The van der Waals surface area contributed by atoms with E-state index in [4.69, 9.17) is 9.84 Å². The van der Waals surface area contributed by atoms with Gasteiger partial charge in [-0.2, -0.15) is 5.10 Å². The molecule has 174 valence electrons. The van der Waals surface area contributed by atoms with Gasteiger partial charge in [-0.25, -0.2) is 4.68 Å². The second-order valence-corrected chi connectivity index (χ2v) is 9.91. The molecule has 1 aromatic heterocycles. The van der Waals surface area contributed by atoms with Gasteiger partial charge in [0.15, 0.2) is 0 Å². The van der Waals surface area contributed by atoms with Crippen molar-refractivity contribution in [1.82, 2.24) is 20.0 Å². The lowest BCUT2D eigenvalue weighted by Gasteiger charge is -2.32. The number of hydrogen-bond donors (Lipinski definition) is 1. The quantitative estimate of drug-likeness (QED) is 0.767. The first-order chi connectivity index (χ1) is 15.6. The fraction of sp³-hybridized carbons (Fsp3) is 0.750. The van der Waals surface area contributed by atoms with Gasteiger partial charge in [0.25, 0.3) is 5.56 Å². The van der Waals surface area contributed by atoms with Crippen molar-refractivity contribution < 1.29 is 14.3 Å². The van der Waals surface area contributed by atoms with Crippen LogP contribution in [-0.2, 0) is 27.2 Å². The molecule has 1 aromatic rings. The molecule has 8 nitrogen and oxygen atoms in total. The van der Waals surface area contributed by atoms with Crippen LogP contribution >= 0.6 is 0 Å². The number of rotatable bonds is 4. The molecule has 3 heterocycles. The predicted molar refractivity (Wildman–Crippen MR) is 118 cm³/mol. The SMILES string of the molecule is O=C(NC1CCC(n2nc3c(cc2=O)CCCC3)CC1)C1CC(=O)N(C2CCOCC2)C1. The maximum absolute atomic E-state index is 12.9. The van der Waals surface area contributed by atoms with E-state index in [1.165, 1.54) is 0 Å². The van der Waals surface area contributed by atoms with Gasteiger partial charge >= 0.3 is 0 Å². The van der Waals surface area contributed by atoms with Crippen LogP contribution in [0.3, 0.4) is 0 Å². The monoisotopic (exact) mass is 442 g/mol. The summed E-state index contributed by atoms with van der Waals surface area (Å²) in [6.07, 6.45) is 9.61. The largest absolute Gasteiger partial charge is 0.381 e. The molecule has 5 rings (SSSR count). The first-order valence-electron chi connectivity index (χ1n) is 12.4. The highest BCUT2D eigenvalue weighted by molar-refractivity contribution is 5.89. The number of likely N-dealkylation sites (tertiary alicyclic amines) is 1. The highest BCUT2D eigenvalue weighted by atomic mass is 16.5. The van der Waals surface area contributed by atoms with E-state index in [0.29, 0.717) is 26.2 Å². The zero-order chi connectivity index (χ0) is 22.1. The number of hydrogen-bond acceptors (Lipinski definition) is 5. The van der Waals surface area contributed by atoms with Crippen molar-refractivity contribution >= 4 is 11.8 Å². The lowest BCUT2D eigenvalue weighted by atomic mass is 9.90. The van der Waals surface area contributed by atoms with Gasteiger partial charge in [-0.05, 0) is 69.8 Å². The Morgan fingerprint density at radius 2 is 1.75 bits per heavy atom. The number of ether oxygens (including phenoxy) is 1. The molecule has 8 heteroatoms. The molecule has 2 amide bonds. The van der Waals surface area contributed by atoms with Crippen LogP contribution in [0.1, 0.15) is 75.1 Å². The van der Waals surface area contributed by atoms with Crippen LogP contribution in [0.5, 0.6) is 0 Å². The summed E-state index contributed by atoms with van der Waals surface area (Å²) in [5, 5.41) is 7.90. The lowest BCUT2D eigenvalue weighted by molar-refractivity contribution is -0.131. The van der Waals surface area contributed by atoms with E-state index in [-0.39, 0.29) is 41.4 Å². The summed E-state index contributed by atoms with van der Waals surface area (Å²) < 4.78 is 7.10. The summed E-state index contributed by atoms with van der Waals surface area (Å²) in [5.41, 5.74) is 2.22. The van der Waals surface area contributed by atoms with Crippen LogP contribution in [0.15, 0.2) is 10.9 Å². The summed E-state index contributed by atoms with van der Waals surface area (Å²) in [4.78, 5) is 39.9. The molecule has 1 atom stereocenters. The van der Waals surface area contributed by atoms with Crippen LogP contribution in [0.4, 0.5) is 0 Å². The highest BCUT2D eigenvalue weighted by Gasteiger charge is 2.39. The number of aryl methyl sites for hydroxylation is 2. The van der Waals surface area contributed by atoms with E-state index in [2.05, 4.69) is 5.32 Å². The van der Waals surface area contributed by atoms with Gasteiger partial charge in [-0.3, -0.25) is 14.4 Å². The summed E-state index contributed by atoms with van der Waals surface area (Å²) in [6.45, 7) is 1.91. The zero-order valence-electron chi connectivity index (χ0n) is 18.8. The predicted octanol–water partition coefficient (Wildman–Crippen LogP) is 1.75. The molecule has 0 spiro atoms. The Hall–Kier alpha value is -2.22. The number of amides is 2. The first kappa shape index (κ1) is 21.6. The molecule has 2 aliphatic heterocycles. The number of nitrogens with zero attached hydrogens (tertiary/aromatic N) is 3. The van der Waals surface area contributed by atoms with Crippen molar-refractivity contribution in [3.05, 3.63) is 27.7 Å². The fourth-order valence-corrected chi connectivity index (χ4v) is 5.88. The number of carbonyl (C=O) groups excluding carboxylic acids is 2. The highest BCUT2D eigenvalue weighted by Crippen LogP contribution is 2.29. The van der Waals surface area contributed by atoms with Crippen LogP contribution in [0.2, 0.25) is 0 Å². The molecule has 2 aliphatic carbocycles. The van der Waals surface area contributed by atoms with Gasteiger partial charge in [0.2, 0.25) is 11.8 Å². The molecule has 1 saturated carbocycles.